The van der Waals surface area contributed by atoms with Crippen LogP contribution in [-0.4, -0.2) is 33.7 Å². The van der Waals surface area contributed by atoms with Crippen LogP contribution in [0.5, 0.6) is 0 Å². The lowest BCUT2D eigenvalue weighted by molar-refractivity contribution is -0.385. The third kappa shape index (κ3) is 4.99. The molecule has 3 aromatic rings. The van der Waals surface area contributed by atoms with Gasteiger partial charge in [0.25, 0.3) is 11.4 Å². The summed E-state index contributed by atoms with van der Waals surface area (Å²) in [7, 11) is 0. The number of pyridine rings is 1. The maximum atomic E-state index is 13.3. The molecule has 4 rings (SSSR count). The van der Waals surface area contributed by atoms with Crippen LogP contribution in [0.3, 0.4) is 0 Å². The van der Waals surface area contributed by atoms with Crippen molar-refractivity contribution in [3.8, 4) is 0 Å². The highest BCUT2D eigenvalue weighted by atomic mass is 16.6. The van der Waals surface area contributed by atoms with Crippen LogP contribution in [0.15, 0.2) is 84.1 Å². The Bertz CT molecular complexity index is 1220. The number of carbonyl (C=O) groups excluding carboxylic acids is 1. The van der Waals surface area contributed by atoms with E-state index in [1.54, 1.807) is 48.7 Å². The Hall–Kier alpha value is -4.66. The predicted molar refractivity (Wildman–Crippen MR) is 124 cm³/mol. The van der Waals surface area contributed by atoms with Crippen LogP contribution in [0.1, 0.15) is 11.1 Å². The highest BCUT2D eigenvalue weighted by Gasteiger charge is 2.27. The molecule has 0 aliphatic carbocycles. The number of non-ortho nitro benzene ring substituents is 2. The quantitative estimate of drug-likeness (QED) is 0.325. The van der Waals surface area contributed by atoms with E-state index in [1.165, 1.54) is 24.3 Å². The molecule has 0 saturated carbocycles. The SMILES string of the molecule is O=C1/C(=C/c2cccc([N+](=O)[O-])c2)CN(c2ccccn2)C/C1=C\c1cccc([N+](=O)[O-])c1. The van der Waals surface area contributed by atoms with E-state index in [1.807, 2.05) is 17.0 Å². The van der Waals surface area contributed by atoms with E-state index in [9.17, 15) is 25.0 Å². The van der Waals surface area contributed by atoms with E-state index in [4.69, 9.17) is 0 Å². The number of anilines is 1. The molecule has 1 saturated heterocycles. The van der Waals surface area contributed by atoms with Crippen LogP contribution >= 0.6 is 0 Å². The lowest BCUT2D eigenvalue weighted by Crippen LogP contribution is -2.38. The van der Waals surface area contributed by atoms with Gasteiger partial charge in [-0.1, -0.05) is 30.3 Å². The zero-order chi connectivity index (χ0) is 23.4. The van der Waals surface area contributed by atoms with Crippen LogP contribution in [0.4, 0.5) is 17.2 Å². The average molecular weight is 442 g/mol. The van der Waals surface area contributed by atoms with Crippen molar-refractivity contribution < 1.29 is 14.6 Å². The molecule has 0 spiro atoms. The van der Waals surface area contributed by atoms with Crippen LogP contribution in [-0.2, 0) is 4.79 Å². The molecule has 0 N–H and O–H groups in total. The molecule has 0 unspecified atom stereocenters. The number of hydrogen-bond donors (Lipinski definition) is 0. The number of nitro benzene ring substituents is 2. The van der Waals surface area contributed by atoms with E-state index < -0.39 is 9.85 Å². The van der Waals surface area contributed by atoms with Gasteiger partial charge in [-0.05, 0) is 35.4 Å². The number of benzene rings is 2. The van der Waals surface area contributed by atoms with Gasteiger partial charge in [-0.25, -0.2) is 4.98 Å². The van der Waals surface area contributed by atoms with Crippen molar-refractivity contribution in [2.24, 2.45) is 0 Å². The monoisotopic (exact) mass is 442 g/mol. The Morgan fingerprint density at radius 3 is 1.79 bits per heavy atom. The van der Waals surface area contributed by atoms with Crippen LogP contribution < -0.4 is 4.90 Å². The summed E-state index contributed by atoms with van der Waals surface area (Å²) < 4.78 is 0. The van der Waals surface area contributed by atoms with E-state index in [0.29, 0.717) is 28.1 Å². The van der Waals surface area contributed by atoms with Crippen molar-refractivity contribution in [1.29, 1.82) is 0 Å². The number of ketones is 1. The van der Waals surface area contributed by atoms with Crippen molar-refractivity contribution in [3.63, 3.8) is 0 Å². The molecule has 0 bridgehead atoms. The predicted octanol–water partition coefficient (Wildman–Crippen LogP) is 4.45. The molecule has 1 aliphatic rings. The minimum atomic E-state index is -0.488. The molecule has 33 heavy (non-hydrogen) atoms. The third-order valence-corrected chi connectivity index (χ3v) is 5.12. The van der Waals surface area contributed by atoms with Gasteiger partial charge < -0.3 is 4.90 Å². The number of nitro groups is 2. The van der Waals surface area contributed by atoms with Gasteiger partial charge in [-0.15, -0.1) is 0 Å². The number of hydrogen-bond acceptors (Lipinski definition) is 7. The molecule has 9 heteroatoms. The molecule has 0 radical (unpaired) electrons. The largest absolute Gasteiger partial charge is 0.348 e. The zero-order valence-electron chi connectivity index (χ0n) is 17.3. The zero-order valence-corrected chi connectivity index (χ0v) is 17.3. The van der Waals surface area contributed by atoms with Crippen molar-refractivity contribution in [2.45, 2.75) is 0 Å². The van der Waals surface area contributed by atoms with E-state index in [0.717, 1.165) is 0 Å². The van der Waals surface area contributed by atoms with Crippen molar-refractivity contribution >= 4 is 35.1 Å². The first-order chi connectivity index (χ1) is 15.9. The van der Waals surface area contributed by atoms with E-state index >= 15 is 0 Å². The van der Waals surface area contributed by atoms with Gasteiger partial charge in [0.1, 0.15) is 5.82 Å². The second kappa shape index (κ2) is 9.23. The summed E-state index contributed by atoms with van der Waals surface area (Å²) in [6, 6.07) is 17.6. The molecule has 0 atom stereocenters. The third-order valence-electron chi connectivity index (χ3n) is 5.12. The first-order valence-electron chi connectivity index (χ1n) is 10.0. The smallest absolute Gasteiger partial charge is 0.270 e. The lowest BCUT2D eigenvalue weighted by atomic mass is 9.94. The maximum Gasteiger partial charge on any atom is 0.270 e. The molecule has 2 aromatic carbocycles. The van der Waals surface area contributed by atoms with Crippen molar-refractivity contribution in [3.05, 3.63) is 115 Å². The fourth-order valence-electron chi connectivity index (χ4n) is 3.60. The summed E-state index contributed by atoms with van der Waals surface area (Å²) in [5, 5.41) is 22.2. The molecule has 1 aliphatic heterocycles. The minimum Gasteiger partial charge on any atom is -0.348 e. The van der Waals surface area contributed by atoms with Gasteiger partial charge in [-0.3, -0.25) is 25.0 Å². The van der Waals surface area contributed by atoms with Gasteiger partial charge in [0, 0.05) is 54.7 Å². The first-order valence-corrected chi connectivity index (χ1v) is 10.0. The summed E-state index contributed by atoms with van der Waals surface area (Å²) >= 11 is 0. The Labute approximate surface area is 188 Å². The number of aromatic nitrogens is 1. The second-order valence-corrected chi connectivity index (χ2v) is 7.42. The lowest BCUT2D eigenvalue weighted by Gasteiger charge is -2.30. The van der Waals surface area contributed by atoms with Crippen molar-refractivity contribution in [2.75, 3.05) is 18.0 Å². The average Bonchev–Trinajstić information content (AvgIpc) is 2.82. The summed E-state index contributed by atoms with van der Waals surface area (Å²) in [5.74, 6) is 0.445. The Morgan fingerprint density at radius 1 is 0.788 bits per heavy atom. The molecule has 9 nitrogen and oxygen atoms in total. The van der Waals surface area contributed by atoms with E-state index in [2.05, 4.69) is 4.98 Å². The molecule has 164 valence electrons. The fraction of sp³-hybridized carbons (Fsp3) is 0.0833. The van der Waals surface area contributed by atoms with Crippen LogP contribution in [0, 0.1) is 20.2 Å². The normalized spacial score (nSPS) is 16.2. The number of nitrogens with zero attached hydrogens (tertiary/aromatic N) is 4. The number of Topliss-reactive ketones (excluding diaryl/α,β-unsaturated/α-hetero) is 1. The maximum absolute atomic E-state index is 13.3. The van der Waals surface area contributed by atoms with E-state index in [-0.39, 0.29) is 30.2 Å². The van der Waals surface area contributed by atoms with Crippen molar-refractivity contribution in [1.82, 2.24) is 4.98 Å². The standard InChI is InChI=1S/C24H18N4O5/c29-24-19(11-17-5-3-7-21(13-17)27(30)31)15-26(23-9-1-2-10-25-23)16-20(24)12-18-6-4-8-22(14-18)28(32)33/h1-14H,15-16H2/b19-11+,20-12+. The van der Waals surface area contributed by atoms with Gasteiger partial charge in [-0.2, -0.15) is 0 Å². The highest BCUT2D eigenvalue weighted by molar-refractivity contribution is 6.15. The number of carbonyl (C=O) groups is 1. The first kappa shape index (κ1) is 21.6. The molecular weight excluding hydrogens is 424 g/mol. The molecule has 2 heterocycles. The topological polar surface area (TPSA) is 119 Å². The summed E-state index contributed by atoms with van der Waals surface area (Å²) in [6.45, 7) is 0.537. The molecule has 1 fully saturated rings. The highest BCUT2D eigenvalue weighted by Crippen LogP contribution is 2.27. The van der Waals surface area contributed by atoms with Gasteiger partial charge in [0.2, 0.25) is 0 Å². The van der Waals surface area contributed by atoms with Crippen LogP contribution in [0.25, 0.3) is 12.2 Å². The Balaban J connectivity index is 1.76. The minimum absolute atomic E-state index is 0.0680. The second-order valence-electron chi connectivity index (χ2n) is 7.42. The van der Waals surface area contributed by atoms with Gasteiger partial charge in [0.15, 0.2) is 5.78 Å². The van der Waals surface area contributed by atoms with Crippen LogP contribution in [0.2, 0.25) is 0 Å². The van der Waals surface area contributed by atoms with Gasteiger partial charge in [0.05, 0.1) is 9.85 Å². The summed E-state index contributed by atoms with van der Waals surface area (Å²) in [5.41, 5.74) is 1.80. The number of rotatable bonds is 5. The molecule has 0 amide bonds. The Morgan fingerprint density at radius 2 is 1.33 bits per heavy atom. The molecule has 1 aromatic heterocycles. The summed E-state index contributed by atoms with van der Waals surface area (Å²) in [4.78, 5) is 40.8. The fourth-order valence-corrected chi connectivity index (χ4v) is 3.60. The summed E-state index contributed by atoms with van der Waals surface area (Å²) in [6.07, 6.45) is 4.91. The van der Waals surface area contributed by atoms with Gasteiger partial charge >= 0.3 is 0 Å². The Kier molecular flexibility index (Phi) is 6.03. The molecular formula is C24H18N4O5. The number of piperidine rings is 1.